The zero-order chi connectivity index (χ0) is 39.3. The predicted octanol–water partition coefficient (Wildman–Crippen LogP) is 8.06. The number of piperidine rings is 1. The molecule has 1 saturated carbocycles. The first-order chi connectivity index (χ1) is 27.8. The number of rotatable bonds is 11. The van der Waals surface area contributed by atoms with Gasteiger partial charge in [0.25, 0.3) is 11.5 Å². The van der Waals surface area contributed by atoms with Crippen LogP contribution in [0.4, 0.5) is 5.82 Å². The van der Waals surface area contributed by atoms with Gasteiger partial charge in [-0.1, -0.05) is 29.8 Å². The van der Waals surface area contributed by atoms with E-state index in [1.165, 1.54) is 0 Å². The van der Waals surface area contributed by atoms with Gasteiger partial charge in [-0.05, 0) is 105 Å². The zero-order valence-corrected chi connectivity index (χ0v) is 32.2. The number of nitrogens with zero attached hydrogens (tertiary/aromatic N) is 5. The van der Waals surface area contributed by atoms with E-state index in [0.29, 0.717) is 51.6 Å². The van der Waals surface area contributed by atoms with Crippen LogP contribution in [-0.4, -0.2) is 57.5 Å². The molecule has 13 heteroatoms. The number of carbonyl (C=O) groups is 1. The highest BCUT2D eigenvalue weighted by Gasteiger charge is 2.26. The van der Waals surface area contributed by atoms with Gasteiger partial charge in [0, 0.05) is 61.2 Å². The van der Waals surface area contributed by atoms with Crippen molar-refractivity contribution < 1.29 is 19.0 Å². The lowest BCUT2D eigenvalue weighted by molar-refractivity contribution is 0.0888. The molecule has 4 heterocycles. The van der Waals surface area contributed by atoms with Crippen LogP contribution in [0.15, 0.2) is 102 Å². The van der Waals surface area contributed by atoms with Crippen molar-refractivity contribution in [1.82, 2.24) is 25.1 Å². The Bertz CT molecular complexity index is 2460. The van der Waals surface area contributed by atoms with Gasteiger partial charge in [-0.3, -0.25) is 9.59 Å². The summed E-state index contributed by atoms with van der Waals surface area (Å²) in [5.41, 5.74) is 3.01. The van der Waals surface area contributed by atoms with Gasteiger partial charge in [0.1, 0.15) is 34.6 Å². The molecule has 0 bridgehead atoms. The van der Waals surface area contributed by atoms with Crippen LogP contribution in [-0.2, 0) is 7.05 Å². The Morgan fingerprint density at radius 3 is 2.40 bits per heavy atom. The number of nitrogens with one attached hydrogen (secondary N) is 2. The second-order valence-corrected chi connectivity index (χ2v) is 15.0. The number of H-pyrrole nitrogens is 1. The summed E-state index contributed by atoms with van der Waals surface area (Å²) in [5.74, 6) is 3.73. The Morgan fingerprint density at radius 2 is 1.67 bits per heavy atom. The maximum atomic E-state index is 13.0. The van der Waals surface area contributed by atoms with Crippen LogP contribution in [0.5, 0.6) is 23.0 Å². The molecule has 1 aliphatic heterocycles. The zero-order valence-electron chi connectivity index (χ0n) is 31.5. The minimum atomic E-state index is -0.225. The average Bonchev–Trinajstić information content (AvgIpc) is 3.74. The van der Waals surface area contributed by atoms with Gasteiger partial charge in [-0.15, -0.1) is 10.2 Å². The number of aromatic nitrogens is 4. The average molecular weight is 784 g/mol. The lowest BCUT2D eigenvalue weighted by Crippen LogP contribution is -2.40. The smallest absolute Gasteiger partial charge is 0.274 e. The number of ether oxygens (including phenoxy) is 3. The Balaban J connectivity index is 0.775. The van der Waals surface area contributed by atoms with E-state index in [1.807, 2.05) is 66.9 Å². The number of nitriles is 1. The van der Waals surface area contributed by atoms with Crippen LogP contribution in [0.2, 0.25) is 5.02 Å². The lowest BCUT2D eigenvalue weighted by atomic mass is 9.93. The molecule has 8 rings (SSSR count). The lowest BCUT2D eigenvalue weighted by Gasteiger charge is -2.32. The molecule has 2 aliphatic rings. The number of pyridine rings is 1. The molecule has 0 atom stereocenters. The quantitative estimate of drug-likeness (QED) is 0.133. The van der Waals surface area contributed by atoms with Gasteiger partial charge in [0.15, 0.2) is 11.5 Å². The molecule has 3 aromatic carbocycles. The molecule has 57 heavy (non-hydrogen) atoms. The molecular formula is C44H42ClN7O5. The van der Waals surface area contributed by atoms with Crippen molar-refractivity contribution in [3.8, 4) is 40.2 Å². The standard InChI is InChI=1S/C44H42ClN7O5/c1-51-26-37(36-18-21-47-42(36)44(51)54)35-4-2-3-5-40(35)57-33-14-12-31(13-15-33)55-27-28-19-22-52(23-20-28)41-17-16-39(49-50-41)43(53)48-30-7-10-32(11-8-30)56-34-9-6-29(25-46)38(45)24-34/h2-6,9,12-18,21,24,26,28,30,32,47H,7-8,10-11,19-20,22-23,27H2,1H3,(H,48,53)/t30-,32-. The van der Waals surface area contributed by atoms with Gasteiger partial charge in [0.05, 0.1) is 23.3 Å². The summed E-state index contributed by atoms with van der Waals surface area (Å²) in [6.07, 6.45) is 8.72. The molecule has 0 spiro atoms. The van der Waals surface area contributed by atoms with Crippen LogP contribution in [0, 0.1) is 17.2 Å². The summed E-state index contributed by atoms with van der Waals surface area (Å²) in [7, 11) is 1.75. The van der Waals surface area contributed by atoms with Crippen LogP contribution in [0.1, 0.15) is 54.6 Å². The number of aromatic amines is 1. The number of hydrogen-bond donors (Lipinski definition) is 2. The summed E-state index contributed by atoms with van der Waals surface area (Å²) in [6.45, 7) is 2.26. The number of fused-ring (bicyclic) bond motifs is 1. The number of aryl methyl sites for hydroxylation is 1. The SMILES string of the molecule is Cn1cc(-c2ccccc2Oc2ccc(OCC3CCN(c4ccc(C(=O)N[C@H]5CC[C@H](Oc6ccc(C#N)c(Cl)c6)CC5)nn4)CC3)cc2)c2cc[nH]c2c1=O. The number of benzene rings is 3. The van der Waals surface area contributed by atoms with Crippen LogP contribution >= 0.6 is 11.6 Å². The fourth-order valence-electron chi connectivity index (χ4n) is 7.59. The Morgan fingerprint density at radius 1 is 0.912 bits per heavy atom. The minimum Gasteiger partial charge on any atom is -0.493 e. The highest BCUT2D eigenvalue weighted by atomic mass is 35.5. The first-order valence-electron chi connectivity index (χ1n) is 19.2. The van der Waals surface area contributed by atoms with E-state index in [2.05, 4.69) is 31.5 Å². The molecule has 2 fully saturated rings. The molecule has 2 N–H and O–H groups in total. The Hall–Kier alpha value is -6.32. The summed E-state index contributed by atoms with van der Waals surface area (Å²) in [6, 6.07) is 28.2. The van der Waals surface area contributed by atoms with E-state index in [1.54, 1.807) is 42.1 Å². The first-order valence-corrected chi connectivity index (χ1v) is 19.6. The highest BCUT2D eigenvalue weighted by molar-refractivity contribution is 6.31. The Kier molecular flexibility index (Phi) is 11.1. The van der Waals surface area contributed by atoms with Crippen molar-refractivity contribution in [3.05, 3.63) is 124 Å². The molecule has 0 radical (unpaired) electrons. The van der Waals surface area contributed by atoms with E-state index in [4.69, 9.17) is 31.1 Å². The molecule has 6 aromatic rings. The van der Waals surface area contributed by atoms with Crippen molar-refractivity contribution in [3.63, 3.8) is 0 Å². The summed E-state index contributed by atoms with van der Waals surface area (Å²) < 4.78 is 20.2. The van der Waals surface area contributed by atoms with Crippen molar-refractivity contribution in [2.24, 2.45) is 13.0 Å². The van der Waals surface area contributed by atoms with E-state index in [0.717, 1.165) is 79.7 Å². The van der Waals surface area contributed by atoms with Gasteiger partial charge in [0.2, 0.25) is 0 Å². The van der Waals surface area contributed by atoms with Crippen molar-refractivity contribution in [2.45, 2.75) is 50.7 Å². The van der Waals surface area contributed by atoms with E-state index in [9.17, 15) is 9.59 Å². The fraction of sp³-hybridized carbons (Fsp3) is 0.295. The molecule has 1 aliphatic carbocycles. The summed E-state index contributed by atoms with van der Waals surface area (Å²) >= 11 is 6.15. The maximum absolute atomic E-state index is 13.0. The van der Waals surface area contributed by atoms with Crippen molar-refractivity contribution in [2.75, 3.05) is 24.6 Å². The summed E-state index contributed by atoms with van der Waals surface area (Å²) in [5, 5.41) is 22.1. The van der Waals surface area contributed by atoms with E-state index in [-0.39, 0.29) is 23.6 Å². The molecule has 290 valence electrons. The number of amides is 1. The minimum absolute atomic E-state index is 0.0254. The fourth-order valence-corrected chi connectivity index (χ4v) is 7.80. The van der Waals surface area contributed by atoms with Crippen molar-refractivity contribution in [1.29, 1.82) is 5.26 Å². The van der Waals surface area contributed by atoms with Gasteiger partial charge in [-0.2, -0.15) is 5.26 Å². The number of carbonyl (C=O) groups excluding carboxylic acids is 1. The number of halogens is 1. The molecular weight excluding hydrogens is 742 g/mol. The summed E-state index contributed by atoms with van der Waals surface area (Å²) in [4.78, 5) is 30.9. The largest absolute Gasteiger partial charge is 0.493 e. The van der Waals surface area contributed by atoms with Crippen LogP contribution in [0.3, 0.4) is 0 Å². The second-order valence-electron chi connectivity index (χ2n) is 14.6. The Labute approximate surface area is 335 Å². The third-order valence-corrected chi connectivity index (χ3v) is 11.1. The monoisotopic (exact) mass is 783 g/mol. The number of para-hydroxylation sites is 1. The van der Waals surface area contributed by atoms with Crippen molar-refractivity contribution >= 4 is 34.2 Å². The van der Waals surface area contributed by atoms with E-state index >= 15 is 0 Å². The third-order valence-electron chi connectivity index (χ3n) is 10.8. The van der Waals surface area contributed by atoms with Gasteiger partial charge < -0.3 is 34.0 Å². The normalized spacial score (nSPS) is 17.2. The maximum Gasteiger partial charge on any atom is 0.274 e. The van der Waals surface area contributed by atoms with Crippen LogP contribution < -0.4 is 30.0 Å². The topological polar surface area (TPSA) is 147 Å². The number of hydrogen-bond acceptors (Lipinski definition) is 9. The first kappa shape index (κ1) is 37.6. The molecule has 3 aromatic heterocycles. The third kappa shape index (κ3) is 8.59. The highest BCUT2D eigenvalue weighted by Crippen LogP contribution is 2.37. The second kappa shape index (κ2) is 16.8. The molecule has 12 nitrogen and oxygen atoms in total. The molecule has 1 saturated heterocycles. The van der Waals surface area contributed by atoms with Gasteiger partial charge in [-0.25, -0.2) is 0 Å². The molecule has 0 unspecified atom stereocenters. The van der Waals surface area contributed by atoms with Crippen LogP contribution in [0.25, 0.3) is 22.0 Å². The molecule has 1 amide bonds. The van der Waals surface area contributed by atoms with Gasteiger partial charge >= 0.3 is 0 Å². The number of anilines is 1. The van der Waals surface area contributed by atoms with E-state index < -0.39 is 0 Å². The predicted molar refractivity (Wildman–Crippen MR) is 218 cm³/mol.